The lowest BCUT2D eigenvalue weighted by atomic mass is 10.1. The van der Waals surface area contributed by atoms with Crippen molar-refractivity contribution in [3.8, 4) is 0 Å². The standard InChI is InChI=1S/C15H19F3N2O3/c1-4-20(5-2)12(21)10-6-8-11(9-7-10)19-13(22)14(3,23)15(16,17)18/h6-9,23H,4-5H2,1-3H3,(H,19,22). The molecule has 0 fully saturated rings. The van der Waals surface area contributed by atoms with E-state index >= 15 is 0 Å². The highest BCUT2D eigenvalue weighted by Gasteiger charge is 2.55. The zero-order chi connectivity index (χ0) is 17.8. The number of carbonyl (C=O) groups excluding carboxylic acids is 2. The van der Waals surface area contributed by atoms with Gasteiger partial charge in [-0.3, -0.25) is 9.59 Å². The van der Waals surface area contributed by atoms with Gasteiger partial charge in [-0.15, -0.1) is 0 Å². The minimum atomic E-state index is -5.09. The van der Waals surface area contributed by atoms with Gasteiger partial charge in [-0.25, -0.2) is 0 Å². The van der Waals surface area contributed by atoms with Gasteiger partial charge in [0.1, 0.15) is 0 Å². The summed E-state index contributed by atoms with van der Waals surface area (Å²) in [5.41, 5.74) is -3.09. The number of amides is 2. The van der Waals surface area contributed by atoms with E-state index in [9.17, 15) is 27.9 Å². The first-order valence-corrected chi connectivity index (χ1v) is 7.04. The van der Waals surface area contributed by atoms with Gasteiger partial charge in [0.2, 0.25) is 5.60 Å². The molecule has 1 aromatic rings. The van der Waals surface area contributed by atoms with Crippen molar-refractivity contribution in [2.75, 3.05) is 18.4 Å². The number of rotatable bonds is 5. The molecule has 0 heterocycles. The van der Waals surface area contributed by atoms with Crippen LogP contribution in [0.3, 0.4) is 0 Å². The van der Waals surface area contributed by atoms with E-state index in [0.717, 1.165) is 0 Å². The topological polar surface area (TPSA) is 69.6 Å². The van der Waals surface area contributed by atoms with E-state index in [4.69, 9.17) is 0 Å². The Morgan fingerprint density at radius 2 is 1.61 bits per heavy atom. The molecule has 1 atom stereocenters. The van der Waals surface area contributed by atoms with Crippen LogP contribution in [0.1, 0.15) is 31.1 Å². The maximum absolute atomic E-state index is 12.6. The summed E-state index contributed by atoms with van der Waals surface area (Å²) < 4.78 is 37.7. The third-order valence-electron chi connectivity index (χ3n) is 3.43. The Morgan fingerprint density at radius 3 is 2.00 bits per heavy atom. The predicted molar refractivity (Wildman–Crippen MR) is 79.0 cm³/mol. The van der Waals surface area contributed by atoms with Crippen LogP contribution in [0.4, 0.5) is 18.9 Å². The third-order valence-corrected chi connectivity index (χ3v) is 3.43. The molecule has 2 N–H and O–H groups in total. The Labute approximate surface area is 132 Å². The van der Waals surface area contributed by atoms with Crippen molar-refractivity contribution in [1.29, 1.82) is 0 Å². The van der Waals surface area contributed by atoms with E-state index < -0.39 is 17.7 Å². The minimum absolute atomic E-state index is 0.0515. The summed E-state index contributed by atoms with van der Waals surface area (Å²) in [4.78, 5) is 25.2. The summed E-state index contributed by atoms with van der Waals surface area (Å²) in [6.45, 7) is 5.09. The molecule has 0 radical (unpaired) electrons. The average molecular weight is 332 g/mol. The molecule has 0 aliphatic rings. The molecule has 0 aliphatic heterocycles. The summed E-state index contributed by atoms with van der Waals surface area (Å²) in [5, 5.41) is 11.2. The molecule has 0 spiro atoms. The molecule has 0 saturated heterocycles. The zero-order valence-electron chi connectivity index (χ0n) is 13.1. The van der Waals surface area contributed by atoms with Crippen LogP contribution >= 0.6 is 0 Å². The molecule has 0 bridgehead atoms. The summed E-state index contributed by atoms with van der Waals surface area (Å²) in [7, 11) is 0. The summed E-state index contributed by atoms with van der Waals surface area (Å²) >= 11 is 0. The van der Waals surface area contributed by atoms with Crippen LogP contribution < -0.4 is 5.32 Å². The van der Waals surface area contributed by atoms with E-state index in [-0.39, 0.29) is 11.6 Å². The first kappa shape index (κ1) is 19.0. The number of benzene rings is 1. The van der Waals surface area contributed by atoms with E-state index in [1.54, 1.807) is 4.90 Å². The van der Waals surface area contributed by atoms with Crippen LogP contribution in [0.25, 0.3) is 0 Å². The molecule has 5 nitrogen and oxygen atoms in total. The number of hydrogen-bond acceptors (Lipinski definition) is 3. The first-order chi connectivity index (χ1) is 10.5. The van der Waals surface area contributed by atoms with Crippen LogP contribution in [0.5, 0.6) is 0 Å². The maximum Gasteiger partial charge on any atom is 0.426 e. The van der Waals surface area contributed by atoms with Gasteiger partial charge >= 0.3 is 6.18 Å². The van der Waals surface area contributed by atoms with Crippen molar-refractivity contribution in [3.63, 3.8) is 0 Å². The molecule has 1 rings (SSSR count). The van der Waals surface area contributed by atoms with E-state index in [1.807, 2.05) is 19.2 Å². The lowest BCUT2D eigenvalue weighted by molar-refractivity contribution is -0.242. The number of hydrogen-bond donors (Lipinski definition) is 2. The molecule has 23 heavy (non-hydrogen) atoms. The van der Waals surface area contributed by atoms with Crippen LogP contribution in [0, 0.1) is 0 Å². The number of aliphatic hydroxyl groups is 1. The SMILES string of the molecule is CCN(CC)C(=O)c1ccc(NC(=O)C(C)(O)C(F)(F)F)cc1. The largest absolute Gasteiger partial charge is 0.426 e. The number of halogens is 3. The van der Waals surface area contributed by atoms with Gasteiger partial charge in [-0.2, -0.15) is 13.2 Å². The fourth-order valence-electron chi connectivity index (χ4n) is 1.77. The monoisotopic (exact) mass is 332 g/mol. The van der Waals surface area contributed by atoms with Gasteiger partial charge < -0.3 is 15.3 Å². The number of carbonyl (C=O) groups is 2. The predicted octanol–water partition coefficient (Wildman–Crippen LogP) is 2.42. The highest BCUT2D eigenvalue weighted by molar-refractivity contribution is 5.98. The normalized spacial score (nSPS) is 14.0. The van der Waals surface area contributed by atoms with Crippen molar-refractivity contribution in [2.24, 2.45) is 0 Å². The van der Waals surface area contributed by atoms with Gasteiger partial charge in [-0.05, 0) is 45.0 Å². The fourth-order valence-corrected chi connectivity index (χ4v) is 1.77. The molecular weight excluding hydrogens is 313 g/mol. The minimum Gasteiger partial charge on any atom is -0.373 e. The van der Waals surface area contributed by atoms with Gasteiger partial charge in [0.05, 0.1) is 0 Å². The number of nitrogens with zero attached hydrogens (tertiary/aromatic N) is 1. The molecule has 1 unspecified atom stereocenters. The molecular formula is C15H19F3N2O3. The number of nitrogens with one attached hydrogen (secondary N) is 1. The fraction of sp³-hybridized carbons (Fsp3) is 0.467. The van der Waals surface area contributed by atoms with Crippen LogP contribution in [-0.2, 0) is 4.79 Å². The Hall–Kier alpha value is -2.09. The zero-order valence-corrected chi connectivity index (χ0v) is 13.1. The molecule has 0 aromatic heterocycles. The van der Waals surface area contributed by atoms with Crippen molar-refractivity contribution in [1.82, 2.24) is 4.90 Å². The summed E-state index contributed by atoms with van der Waals surface area (Å²) in [6.07, 6.45) is -5.09. The van der Waals surface area contributed by atoms with Crippen LogP contribution in [0.2, 0.25) is 0 Å². The second-order valence-corrected chi connectivity index (χ2v) is 5.08. The third kappa shape index (κ3) is 4.22. The van der Waals surface area contributed by atoms with Gasteiger partial charge in [-0.1, -0.05) is 0 Å². The highest BCUT2D eigenvalue weighted by Crippen LogP contribution is 2.31. The van der Waals surface area contributed by atoms with Crippen molar-refractivity contribution in [2.45, 2.75) is 32.5 Å². The van der Waals surface area contributed by atoms with E-state index in [2.05, 4.69) is 0 Å². The van der Waals surface area contributed by atoms with Gasteiger partial charge in [0.25, 0.3) is 11.8 Å². The Kier molecular flexibility index (Phi) is 5.76. The lowest BCUT2D eigenvalue weighted by Crippen LogP contribution is -2.52. The first-order valence-electron chi connectivity index (χ1n) is 7.04. The smallest absolute Gasteiger partial charge is 0.373 e. The molecule has 8 heteroatoms. The molecule has 0 saturated carbocycles. The van der Waals surface area contributed by atoms with E-state index in [1.165, 1.54) is 24.3 Å². The Bertz CT molecular complexity index is 564. The second-order valence-electron chi connectivity index (χ2n) is 5.08. The number of anilines is 1. The maximum atomic E-state index is 12.6. The second kappa shape index (κ2) is 6.99. The van der Waals surface area contributed by atoms with Crippen LogP contribution in [0.15, 0.2) is 24.3 Å². The summed E-state index contributed by atoms with van der Waals surface area (Å²) in [5.74, 6) is -1.80. The van der Waals surface area contributed by atoms with Crippen LogP contribution in [-0.4, -0.2) is 46.7 Å². The van der Waals surface area contributed by atoms with Crippen molar-refractivity contribution in [3.05, 3.63) is 29.8 Å². The molecule has 1 aromatic carbocycles. The van der Waals surface area contributed by atoms with E-state index in [0.29, 0.717) is 25.6 Å². The Morgan fingerprint density at radius 1 is 1.13 bits per heavy atom. The molecule has 128 valence electrons. The van der Waals surface area contributed by atoms with Crippen molar-refractivity contribution >= 4 is 17.5 Å². The van der Waals surface area contributed by atoms with Gasteiger partial charge in [0.15, 0.2) is 0 Å². The van der Waals surface area contributed by atoms with Gasteiger partial charge in [0, 0.05) is 24.3 Å². The Balaban J connectivity index is 2.86. The lowest BCUT2D eigenvalue weighted by Gasteiger charge is -2.25. The highest BCUT2D eigenvalue weighted by atomic mass is 19.4. The number of alkyl halides is 3. The molecule has 0 aliphatic carbocycles. The quantitative estimate of drug-likeness (QED) is 0.870. The summed E-state index contributed by atoms with van der Waals surface area (Å²) in [6, 6.07) is 5.42. The average Bonchev–Trinajstić information content (AvgIpc) is 2.47. The molecule has 2 amide bonds. The van der Waals surface area contributed by atoms with Crippen molar-refractivity contribution < 1.29 is 27.9 Å².